The van der Waals surface area contributed by atoms with Crippen molar-refractivity contribution in [1.29, 1.82) is 0 Å². The number of hydrogen-bond acceptors (Lipinski definition) is 5. The summed E-state index contributed by atoms with van der Waals surface area (Å²) in [5.41, 5.74) is 2.58. The van der Waals surface area contributed by atoms with Gasteiger partial charge >= 0.3 is 0 Å². The number of nitrogens with one attached hydrogen (secondary N) is 4. The number of amides is 1. The summed E-state index contributed by atoms with van der Waals surface area (Å²) in [6.45, 7) is 5.85. The highest BCUT2D eigenvalue weighted by atomic mass is 16.5. The quantitative estimate of drug-likeness (QED) is 0.329. The predicted molar refractivity (Wildman–Crippen MR) is 129 cm³/mol. The highest BCUT2D eigenvalue weighted by Gasteiger charge is 2.20. The highest BCUT2D eigenvalue weighted by molar-refractivity contribution is 6.04. The predicted octanol–water partition coefficient (Wildman–Crippen LogP) is 3.47. The first-order chi connectivity index (χ1) is 15.7. The number of rotatable bonds is 8. The third-order valence-corrected chi connectivity index (χ3v) is 5.18. The molecule has 0 atom stereocenters. The van der Waals surface area contributed by atoms with E-state index in [2.05, 4.69) is 58.3 Å². The first-order valence-electron chi connectivity index (χ1n) is 10.6. The lowest BCUT2D eigenvalue weighted by Gasteiger charge is -2.28. The van der Waals surface area contributed by atoms with Crippen LogP contribution in [0.25, 0.3) is 22.2 Å². The molecule has 0 spiro atoms. The maximum absolute atomic E-state index is 12.5. The number of nitrogens with zero attached hydrogens (tertiary/aromatic N) is 2. The zero-order valence-corrected chi connectivity index (χ0v) is 19.2. The van der Waals surface area contributed by atoms with Crippen molar-refractivity contribution >= 4 is 22.5 Å². The van der Waals surface area contributed by atoms with E-state index in [0.717, 1.165) is 23.2 Å². The van der Waals surface area contributed by atoms with Crippen LogP contribution in [0.5, 0.6) is 5.75 Å². The lowest BCUT2D eigenvalue weighted by Crippen LogP contribution is -2.33. The molecular weight excluding hydrogens is 420 g/mol. The van der Waals surface area contributed by atoms with Gasteiger partial charge in [-0.25, -0.2) is 0 Å². The van der Waals surface area contributed by atoms with Crippen LogP contribution in [0.3, 0.4) is 0 Å². The molecule has 0 saturated carbocycles. The van der Waals surface area contributed by atoms with Gasteiger partial charge in [0.1, 0.15) is 5.75 Å². The van der Waals surface area contributed by atoms with Gasteiger partial charge in [-0.05, 0) is 44.4 Å². The number of H-pyrrole nitrogens is 3. The summed E-state index contributed by atoms with van der Waals surface area (Å²) in [6, 6.07) is 9.36. The lowest BCUT2D eigenvalue weighted by molar-refractivity contribution is 0.102. The van der Waals surface area contributed by atoms with Gasteiger partial charge < -0.3 is 24.9 Å². The molecule has 33 heavy (non-hydrogen) atoms. The summed E-state index contributed by atoms with van der Waals surface area (Å²) >= 11 is 0. The summed E-state index contributed by atoms with van der Waals surface area (Å²) in [5, 5.41) is 10.1. The van der Waals surface area contributed by atoms with Crippen molar-refractivity contribution in [3.05, 3.63) is 64.8 Å². The number of ether oxygens (including phenoxy) is 1. The van der Waals surface area contributed by atoms with E-state index < -0.39 is 0 Å². The van der Waals surface area contributed by atoms with Crippen LogP contribution < -0.4 is 15.6 Å². The minimum Gasteiger partial charge on any atom is -0.493 e. The molecule has 0 aliphatic heterocycles. The number of fused-ring (bicyclic) bond motifs is 1. The molecule has 9 heteroatoms. The van der Waals surface area contributed by atoms with E-state index in [4.69, 9.17) is 4.74 Å². The van der Waals surface area contributed by atoms with Gasteiger partial charge in [0.15, 0.2) is 0 Å². The number of carbonyl (C=O) groups is 1. The van der Waals surface area contributed by atoms with Crippen LogP contribution in [0.1, 0.15) is 24.2 Å². The fourth-order valence-electron chi connectivity index (χ4n) is 3.86. The summed E-state index contributed by atoms with van der Waals surface area (Å²) in [4.78, 5) is 32.9. The molecule has 1 amide bonds. The van der Waals surface area contributed by atoms with E-state index in [1.165, 1.54) is 18.6 Å². The maximum atomic E-state index is 12.5. The van der Waals surface area contributed by atoms with Gasteiger partial charge in [0.05, 0.1) is 35.3 Å². The second kappa shape index (κ2) is 8.95. The van der Waals surface area contributed by atoms with Crippen molar-refractivity contribution in [2.75, 3.05) is 32.6 Å². The Balaban J connectivity index is 1.55. The first kappa shape index (κ1) is 22.3. The summed E-state index contributed by atoms with van der Waals surface area (Å²) < 4.78 is 6.05. The molecule has 0 fully saturated rings. The molecule has 4 rings (SSSR count). The standard InChI is InChI=1S/C24H28N6O3/c1-24(2,13-30(3)4)14-33-18-5-6-20-15(7-18)8-21(29-20)19-9-17(12-25-23(19)32)28-22(31)16-10-26-27-11-16/h5-12,29H,13-14H2,1-4H3,(H,25,32)(H,26,27)(H,28,31). The second-order valence-corrected chi connectivity index (χ2v) is 9.19. The zero-order chi connectivity index (χ0) is 23.6. The molecule has 172 valence electrons. The van der Waals surface area contributed by atoms with Gasteiger partial charge in [-0.1, -0.05) is 13.8 Å². The number of aromatic amines is 3. The molecule has 0 bridgehead atoms. The average molecular weight is 449 g/mol. The maximum Gasteiger partial charge on any atom is 0.258 e. The number of carbonyl (C=O) groups excluding carboxylic acids is 1. The second-order valence-electron chi connectivity index (χ2n) is 9.19. The smallest absolute Gasteiger partial charge is 0.258 e. The van der Waals surface area contributed by atoms with Crippen LogP contribution in [0.15, 0.2) is 53.7 Å². The topological polar surface area (TPSA) is 119 Å². The Morgan fingerprint density at radius 2 is 2.00 bits per heavy atom. The van der Waals surface area contributed by atoms with Crippen molar-refractivity contribution in [3.8, 4) is 17.0 Å². The third kappa shape index (κ3) is 5.32. The zero-order valence-electron chi connectivity index (χ0n) is 19.2. The van der Waals surface area contributed by atoms with E-state index in [0.29, 0.717) is 29.1 Å². The normalized spacial score (nSPS) is 11.8. The van der Waals surface area contributed by atoms with Crippen LogP contribution in [0.2, 0.25) is 0 Å². The van der Waals surface area contributed by atoms with Crippen molar-refractivity contribution in [2.24, 2.45) is 5.41 Å². The molecule has 3 aromatic heterocycles. The third-order valence-electron chi connectivity index (χ3n) is 5.18. The van der Waals surface area contributed by atoms with Gasteiger partial charge in [0, 0.05) is 35.3 Å². The van der Waals surface area contributed by atoms with Gasteiger partial charge in [-0.2, -0.15) is 5.10 Å². The highest BCUT2D eigenvalue weighted by Crippen LogP contribution is 2.28. The number of benzene rings is 1. The lowest BCUT2D eigenvalue weighted by atomic mass is 9.94. The number of hydrogen-bond donors (Lipinski definition) is 4. The molecule has 0 aliphatic rings. The molecule has 0 unspecified atom stereocenters. The minimum atomic E-state index is -0.322. The molecule has 3 heterocycles. The number of pyridine rings is 1. The van der Waals surface area contributed by atoms with Crippen molar-refractivity contribution in [1.82, 2.24) is 25.1 Å². The minimum absolute atomic E-state index is 0.0103. The Labute approximate surface area is 191 Å². The van der Waals surface area contributed by atoms with E-state index >= 15 is 0 Å². The Hall–Kier alpha value is -3.85. The van der Waals surface area contributed by atoms with Crippen molar-refractivity contribution in [2.45, 2.75) is 13.8 Å². The van der Waals surface area contributed by atoms with Crippen LogP contribution >= 0.6 is 0 Å². The van der Waals surface area contributed by atoms with Gasteiger partial charge in [0.2, 0.25) is 0 Å². The summed E-state index contributed by atoms with van der Waals surface area (Å²) in [7, 11) is 4.10. The van der Waals surface area contributed by atoms with Crippen molar-refractivity contribution < 1.29 is 9.53 Å². The molecule has 4 N–H and O–H groups in total. The molecule has 0 aliphatic carbocycles. The van der Waals surface area contributed by atoms with E-state index in [-0.39, 0.29) is 16.9 Å². The average Bonchev–Trinajstić information content (AvgIpc) is 3.42. The van der Waals surface area contributed by atoms with Crippen LogP contribution in [-0.2, 0) is 0 Å². The Bertz CT molecular complexity index is 1320. The van der Waals surface area contributed by atoms with Gasteiger partial charge in [0.25, 0.3) is 11.5 Å². The van der Waals surface area contributed by atoms with Gasteiger partial charge in [-0.15, -0.1) is 0 Å². The number of anilines is 1. The fourth-order valence-corrected chi connectivity index (χ4v) is 3.86. The van der Waals surface area contributed by atoms with Crippen LogP contribution in [0, 0.1) is 5.41 Å². The Morgan fingerprint density at radius 3 is 2.73 bits per heavy atom. The summed E-state index contributed by atoms with van der Waals surface area (Å²) in [5.74, 6) is 0.451. The SMILES string of the molecule is CN(C)CC(C)(C)COc1ccc2[nH]c(-c3cc(NC(=O)c4cn[nH]c4)c[nH]c3=O)cc2c1. The molecule has 0 saturated heterocycles. The Morgan fingerprint density at radius 1 is 1.18 bits per heavy atom. The fraction of sp³-hybridized carbons (Fsp3) is 0.292. The van der Waals surface area contributed by atoms with Crippen LogP contribution in [-0.4, -0.2) is 58.2 Å². The molecule has 1 aromatic carbocycles. The van der Waals surface area contributed by atoms with E-state index in [1.807, 2.05) is 24.3 Å². The molecule has 4 aromatic rings. The van der Waals surface area contributed by atoms with Crippen LogP contribution in [0.4, 0.5) is 5.69 Å². The molecule has 9 nitrogen and oxygen atoms in total. The largest absolute Gasteiger partial charge is 0.493 e. The molecule has 0 radical (unpaired) electrons. The number of aromatic nitrogens is 4. The van der Waals surface area contributed by atoms with Gasteiger partial charge in [-0.3, -0.25) is 14.7 Å². The van der Waals surface area contributed by atoms with E-state index in [9.17, 15) is 9.59 Å². The monoisotopic (exact) mass is 448 g/mol. The van der Waals surface area contributed by atoms with Crippen molar-refractivity contribution in [3.63, 3.8) is 0 Å². The molecular formula is C24H28N6O3. The first-order valence-corrected chi connectivity index (χ1v) is 10.6. The summed E-state index contributed by atoms with van der Waals surface area (Å²) in [6.07, 6.45) is 4.40. The van der Waals surface area contributed by atoms with E-state index in [1.54, 1.807) is 6.07 Å². The Kier molecular flexibility index (Phi) is 6.06.